The van der Waals surface area contributed by atoms with Crippen LogP contribution in [0.25, 0.3) is 16.9 Å². The Balaban J connectivity index is 1.57. The normalized spacial score (nSPS) is 11.4. The molecule has 8 heteroatoms. The number of para-hydroxylation sites is 1. The maximum Gasteiger partial charge on any atom is 0.418 e. The molecule has 0 unspecified atom stereocenters. The summed E-state index contributed by atoms with van der Waals surface area (Å²) in [7, 11) is 0. The molecular formula is C23H17F3N4O. The van der Waals surface area contributed by atoms with Crippen molar-refractivity contribution in [2.75, 3.05) is 5.32 Å². The summed E-state index contributed by atoms with van der Waals surface area (Å²) in [5, 5.41) is 10.4. The Bertz CT molecular complexity index is 1210. The Morgan fingerprint density at radius 2 is 1.61 bits per heavy atom. The van der Waals surface area contributed by atoms with Crippen molar-refractivity contribution < 1.29 is 18.0 Å². The highest BCUT2D eigenvalue weighted by atomic mass is 19.4. The van der Waals surface area contributed by atoms with Crippen molar-refractivity contribution in [1.29, 1.82) is 0 Å². The number of alkyl halides is 3. The molecule has 31 heavy (non-hydrogen) atoms. The SMILES string of the molecule is Cc1ccc(-c2cnnn2-c2ccc(C(=O)Nc3ccccc3C(F)(F)F)cc2)cc1. The van der Waals surface area contributed by atoms with Crippen molar-refractivity contribution in [3.63, 3.8) is 0 Å². The van der Waals surface area contributed by atoms with Gasteiger partial charge in [0.2, 0.25) is 0 Å². The van der Waals surface area contributed by atoms with E-state index in [9.17, 15) is 18.0 Å². The molecule has 156 valence electrons. The number of hydrogen-bond donors (Lipinski definition) is 1. The number of nitrogens with one attached hydrogen (secondary N) is 1. The zero-order valence-electron chi connectivity index (χ0n) is 16.4. The summed E-state index contributed by atoms with van der Waals surface area (Å²) in [5.74, 6) is -0.638. The number of halogens is 3. The number of benzene rings is 3. The van der Waals surface area contributed by atoms with E-state index in [4.69, 9.17) is 0 Å². The highest BCUT2D eigenvalue weighted by Crippen LogP contribution is 2.34. The number of carbonyl (C=O) groups is 1. The summed E-state index contributed by atoms with van der Waals surface area (Å²) in [4.78, 5) is 12.5. The Morgan fingerprint density at radius 1 is 0.935 bits per heavy atom. The molecule has 1 aromatic heterocycles. The van der Waals surface area contributed by atoms with Crippen LogP contribution in [0.1, 0.15) is 21.5 Å². The molecule has 1 amide bonds. The molecule has 0 spiro atoms. The average molecular weight is 422 g/mol. The predicted octanol–water partition coefficient (Wildman–Crippen LogP) is 5.51. The lowest BCUT2D eigenvalue weighted by Gasteiger charge is -2.13. The third-order valence-corrected chi connectivity index (χ3v) is 4.75. The first-order valence-corrected chi connectivity index (χ1v) is 9.39. The molecule has 0 fully saturated rings. The molecule has 4 aromatic rings. The van der Waals surface area contributed by atoms with Crippen molar-refractivity contribution in [3.8, 4) is 16.9 Å². The van der Waals surface area contributed by atoms with E-state index in [1.165, 1.54) is 30.3 Å². The fraction of sp³-hybridized carbons (Fsp3) is 0.0870. The van der Waals surface area contributed by atoms with Crippen molar-refractivity contribution in [3.05, 3.63) is 95.7 Å². The first-order chi connectivity index (χ1) is 14.8. The van der Waals surface area contributed by atoms with Crippen LogP contribution in [0.5, 0.6) is 0 Å². The zero-order chi connectivity index (χ0) is 22.0. The van der Waals surface area contributed by atoms with Crippen LogP contribution in [0.15, 0.2) is 79.0 Å². The second kappa shape index (κ2) is 8.06. The molecule has 5 nitrogen and oxygen atoms in total. The first kappa shape index (κ1) is 20.3. The minimum absolute atomic E-state index is 0.220. The van der Waals surface area contributed by atoms with E-state index >= 15 is 0 Å². The maximum absolute atomic E-state index is 13.1. The topological polar surface area (TPSA) is 59.8 Å². The van der Waals surface area contributed by atoms with E-state index < -0.39 is 17.6 Å². The van der Waals surface area contributed by atoms with Gasteiger partial charge in [0.1, 0.15) is 0 Å². The van der Waals surface area contributed by atoms with Gasteiger partial charge in [0.25, 0.3) is 5.91 Å². The van der Waals surface area contributed by atoms with Gasteiger partial charge in [0.05, 0.1) is 28.8 Å². The lowest BCUT2D eigenvalue weighted by atomic mass is 10.1. The molecule has 1 heterocycles. The van der Waals surface area contributed by atoms with Crippen LogP contribution in [-0.2, 0) is 6.18 Å². The molecule has 0 aliphatic rings. The van der Waals surface area contributed by atoms with Crippen LogP contribution in [0.4, 0.5) is 18.9 Å². The fourth-order valence-corrected chi connectivity index (χ4v) is 3.13. The van der Waals surface area contributed by atoms with E-state index in [-0.39, 0.29) is 11.3 Å². The van der Waals surface area contributed by atoms with E-state index in [2.05, 4.69) is 15.6 Å². The Labute approximate surface area is 176 Å². The highest BCUT2D eigenvalue weighted by molar-refractivity contribution is 6.04. The predicted molar refractivity (Wildman–Crippen MR) is 111 cm³/mol. The maximum atomic E-state index is 13.1. The summed E-state index contributed by atoms with van der Waals surface area (Å²) < 4.78 is 41.1. The smallest absolute Gasteiger partial charge is 0.321 e. The molecule has 0 saturated heterocycles. The van der Waals surface area contributed by atoms with Gasteiger partial charge in [0.15, 0.2) is 0 Å². The van der Waals surface area contributed by atoms with E-state index in [1.54, 1.807) is 23.0 Å². The summed E-state index contributed by atoms with van der Waals surface area (Å²) in [6, 6.07) is 19.1. The highest BCUT2D eigenvalue weighted by Gasteiger charge is 2.33. The van der Waals surface area contributed by atoms with Gasteiger partial charge in [-0.05, 0) is 43.3 Å². The lowest BCUT2D eigenvalue weighted by molar-refractivity contribution is -0.136. The summed E-state index contributed by atoms with van der Waals surface area (Å²) >= 11 is 0. The van der Waals surface area contributed by atoms with Gasteiger partial charge in [-0.15, -0.1) is 5.10 Å². The lowest BCUT2D eigenvalue weighted by Crippen LogP contribution is -2.16. The Hall–Kier alpha value is -3.94. The van der Waals surface area contributed by atoms with Gasteiger partial charge in [-0.25, -0.2) is 4.68 Å². The van der Waals surface area contributed by atoms with Crippen LogP contribution >= 0.6 is 0 Å². The zero-order valence-corrected chi connectivity index (χ0v) is 16.4. The standard InChI is InChI=1S/C23H17F3N4O/c1-15-6-8-16(9-7-15)21-14-27-29-30(21)18-12-10-17(11-13-18)22(31)28-20-5-3-2-4-19(20)23(24,25)26/h2-14H,1H3,(H,28,31). The molecule has 0 saturated carbocycles. The van der Waals surface area contributed by atoms with Gasteiger partial charge in [-0.3, -0.25) is 4.79 Å². The van der Waals surface area contributed by atoms with Crippen LogP contribution in [0, 0.1) is 6.92 Å². The van der Waals surface area contributed by atoms with E-state index in [1.807, 2.05) is 31.2 Å². The number of amides is 1. The van der Waals surface area contributed by atoms with Gasteiger partial charge < -0.3 is 5.32 Å². The Morgan fingerprint density at radius 3 is 2.29 bits per heavy atom. The van der Waals surface area contributed by atoms with Crippen molar-refractivity contribution in [1.82, 2.24) is 15.0 Å². The third kappa shape index (κ3) is 4.32. The first-order valence-electron chi connectivity index (χ1n) is 9.39. The second-order valence-electron chi connectivity index (χ2n) is 6.94. The minimum Gasteiger partial charge on any atom is -0.321 e. The molecule has 0 bridgehead atoms. The molecular weight excluding hydrogens is 405 g/mol. The molecule has 0 atom stereocenters. The second-order valence-corrected chi connectivity index (χ2v) is 6.94. The molecule has 3 aromatic carbocycles. The quantitative estimate of drug-likeness (QED) is 0.472. The number of nitrogens with zero attached hydrogens (tertiary/aromatic N) is 3. The number of aryl methyl sites for hydroxylation is 1. The average Bonchev–Trinajstić information content (AvgIpc) is 3.24. The number of rotatable bonds is 4. The van der Waals surface area contributed by atoms with Gasteiger partial charge in [-0.2, -0.15) is 13.2 Å². The van der Waals surface area contributed by atoms with Gasteiger partial charge >= 0.3 is 6.18 Å². The van der Waals surface area contributed by atoms with Crippen molar-refractivity contribution in [2.45, 2.75) is 13.1 Å². The largest absolute Gasteiger partial charge is 0.418 e. The summed E-state index contributed by atoms with van der Waals surface area (Å²) in [6.07, 6.45) is -2.92. The summed E-state index contributed by atoms with van der Waals surface area (Å²) in [6.45, 7) is 2.00. The van der Waals surface area contributed by atoms with E-state index in [0.29, 0.717) is 5.69 Å². The van der Waals surface area contributed by atoms with Gasteiger partial charge in [-0.1, -0.05) is 47.2 Å². The van der Waals surface area contributed by atoms with Crippen LogP contribution < -0.4 is 5.32 Å². The third-order valence-electron chi connectivity index (χ3n) is 4.75. The molecule has 0 radical (unpaired) electrons. The number of hydrogen-bond acceptors (Lipinski definition) is 3. The molecule has 0 aliphatic heterocycles. The van der Waals surface area contributed by atoms with Gasteiger partial charge in [0, 0.05) is 11.1 Å². The minimum atomic E-state index is -4.56. The number of aromatic nitrogens is 3. The summed E-state index contributed by atoms with van der Waals surface area (Å²) in [5.41, 5.74) is 2.54. The van der Waals surface area contributed by atoms with E-state index in [0.717, 1.165) is 22.9 Å². The van der Waals surface area contributed by atoms with Crippen molar-refractivity contribution in [2.24, 2.45) is 0 Å². The molecule has 1 N–H and O–H groups in total. The Kier molecular flexibility index (Phi) is 5.29. The van der Waals surface area contributed by atoms with Crippen molar-refractivity contribution >= 4 is 11.6 Å². The number of anilines is 1. The molecule has 4 rings (SSSR count). The van der Waals surface area contributed by atoms with Crippen LogP contribution in [-0.4, -0.2) is 20.9 Å². The number of carbonyl (C=O) groups excluding carboxylic acids is 1. The van der Waals surface area contributed by atoms with Crippen LogP contribution in [0.2, 0.25) is 0 Å². The molecule has 0 aliphatic carbocycles. The fourth-order valence-electron chi connectivity index (χ4n) is 3.13. The van der Waals surface area contributed by atoms with Crippen LogP contribution in [0.3, 0.4) is 0 Å². The monoisotopic (exact) mass is 422 g/mol.